The van der Waals surface area contributed by atoms with Crippen LogP contribution < -0.4 is 0 Å². The minimum Gasteiger partial charge on any atom is -0.469 e. The summed E-state index contributed by atoms with van der Waals surface area (Å²) in [5.74, 6) is -0.945. The zero-order valence-electron chi connectivity index (χ0n) is 13.8. The van der Waals surface area contributed by atoms with Crippen molar-refractivity contribution in [3.8, 4) is 0 Å². The number of halogens is 1. The first-order valence-electron chi connectivity index (χ1n) is 7.56. The van der Waals surface area contributed by atoms with Crippen molar-refractivity contribution in [2.75, 3.05) is 33.4 Å². The van der Waals surface area contributed by atoms with Gasteiger partial charge in [0.1, 0.15) is 5.15 Å². The normalized spacial score (nSPS) is 11.8. The van der Waals surface area contributed by atoms with Gasteiger partial charge in [0.05, 0.1) is 18.6 Å². The van der Waals surface area contributed by atoms with Crippen molar-refractivity contribution in [3.63, 3.8) is 0 Å². The fourth-order valence-electron chi connectivity index (χ4n) is 2.07. The van der Waals surface area contributed by atoms with Gasteiger partial charge in [-0.25, -0.2) is 4.98 Å². The third-order valence-electron chi connectivity index (χ3n) is 3.28. The Morgan fingerprint density at radius 2 is 2.13 bits per heavy atom. The summed E-state index contributed by atoms with van der Waals surface area (Å²) in [6, 6.07) is 3.19. The smallest absolute Gasteiger partial charge is 0.310 e. The van der Waals surface area contributed by atoms with Crippen LogP contribution in [0, 0.1) is 5.92 Å². The molecule has 0 aliphatic carbocycles. The van der Waals surface area contributed by atoms with Crippen LogP contribution in [-0.4, -0.2) is 55.2 Å². The van der Waals surface area contributed by atoms with E-state index in [1.54, 1.807) is 24.0 Å². The van der Waals surface area contributed by atoms with Crippen molar-refractivity contribution in [1.82, 2.24) is 9.88 Å². The molecule has 0 radical (unpaired) electrons. The van der Waals surface area contributed by atoms with Gasteiger partial charge in [0.15, 0.2) is 0 Å². The second-order valence-electron chi connectivity index (χ2n) is 5.10. The van der Waals surface area contributed by atoms with E-state index in [1.807, 2.05) is 6.92 Å². The van der Waals surface area contributed by atoms with Crippen LogP contribution in [0.5, 0.6) is 0 Å². The number of pyridine rings is 1. The maximum Gasteiger partial charge on any atom is 0.310 e. The Kier molecular flexibility index (Phi) is 8.58. The highest BCUT2D eigenvalue weighted by Crippen LogP contribution is 2.11. The lowest BCUT2D eigenvalue weighted by atomic mass is 10.1. The molecule has 7 heteroatoms. The maximum absolute atomic E-state index is 12.6. The van der Waals surface area contributed by atoms with Crippen LogP contribution in [0.15, 0.2) is 18.3 Å². The van der Waals surface area contributed by atoms with E-state index >= 15 is 0 Å². The summed E-state index contributed by atoms with van der Waals surface area (Å²) in [5.41, 5.74) is 0.433. The molecule has 0 saturated carbocycles. The van der Waals surface area contributed by atoms with Crippen LogP contribution in [0.3, 0.4) is 0 Å². The molecule has 0 saturated heterocycles. The lowest BCUT2D eigenvalue weighted by molar-refractivity contribution is -0.145. The van der Waals surface area contributed by atoms with Crippen molar-refractivity contribution in [2.45, 2.75) is 20.3 Å². The Labute approximate surface area is 141 Å². The molecule has 0 aliphatic heterocycles. The number of carbonyl (C=O) groups is 2. The number of hydrogen-bond acceptors (Lipinski definition) is 5. The van der Waals surface area contributed by atoms with Crippen molar-refractivity contribution in [1.29, 1.82) is 0 Å². The van der Waals surface area contributed by atoms with Gasteiger partial charge in [0.2, 0.25) is 0 Å². The maximum atomic E-state index is 12.6. The fourth-order valence-corrected chi connectivity index (χ4v) is 2.18. The number of nitrogens with zero attached hydrogens (tertiary/aromatic N) is 2. The second-order valence-corrected chi connectivity index (χ2v) is 5.48. The molecule has 1 heterocycles. The molecule has 1 aromatic heterocycles. The first-order chi connectivity index (χ1) is 11.0. The quantitative estimate of drug-likeness (QED) is 0.391. The van der Waals surface area contributed by atoms with Crippen LogP contribution in [0.2, 0.25) is 5.15 Å². The Morgan fingerprint density at radius 3 is 2.70 bits per heavy atom. The summed E-state index contributed by atoms with van der Waals surface area (Å²) in [6.07, 6.45) is 2.12. The monoisotopic (exact) mass is 342 g/mol. The minimum absolute atomic E-state index is 0.193. The number of methoxy groups -OCH3 is 1. The van der Waals surface area contributed by atoms with Gasteiger partial charge in [-0.05, 0) is 25.5 Å². The van der Waals surface area contributed by atoms with Gasteiger partial charge in [-0.2, -0.15) is 0 Å². The standard InChI is InChI=1S/C16H23ClN2O4/c1-4-23-9-5-8-19(11-12(2)16(21)22-3)15(20)13-6-7-14(17)18-10-13/h6-7,10,12H,4-5,8-9,11H2,1-3H3/t12-/m0/s1. The molecule has 1 amide bonds. The molecular formula is C16H23ClN2O4. The predicted molar refractivity (Wildman–Crippen MR) is 87.4 cm³/mol. The van der Waals surface area contributed by atoms with Gasteiger partial charge in [0, 0.05) is 32.5 Å². The highest BCUT2D eigenvalue weighted by molar-refractivity contribution is 6.29. The van der Waals surface area contributed by atoms with E-state index in [2.05, 4.69) is 4.98 Å². The molecule has 1 atom stereocenters. The van der Waals surface area contributed by atoms with Crippen LogP contribution in [0.1, 0.15) is 30.6 Å². The fraction of sp³-hybridized carbons (Fsp3) is 0.562. The summed E-state index contributed by atoms with van der Waals surface area (Å²) < 4.78 is 10.0. The van der Waals surface area contributed by atoms with Gasteiger partial charge in [-0.15, -0.1) is 0 Å². The number of aromatic nitrogens is 1. The molecule has 0 N–H and O–H groups in total. The average Bonchev–Trinajstić information content (AvgIpc) is 2.56. The number of rotatable bonds is 9. The third-order valence-corrected chi connectivity index (χ3v) is 3.50. The molecule has 0 aliphatic rings. The van der Waals surface area contributed by atoms with E-state index in [0.29, 0.717) is 36.9 Å². The lowest BCUT2D eigenvalue weighted by Crippen LogP contribution is -2.38. The largest absolute Gasteiger partial charge is 0.469 e. The van der Waals surface area contributed by atoms with Crippen molar-refractivity contribution in [3.05, 3.63) is 29.0 Å². The Morgan fingerprint density at radius 1 is 1.39 bits per heavy atom. The van der Waals surface area contributed by atoms with Gasteiger partial charge < -0.3 is 14.4 Å². The summed E-state index contributed by atoms with van der Waals surface area (Å²) >= 11 is 5.75. The zero-order valence-corrected chi connectivity index (χ0v) is 14.5. The Bertz CT molecular complexity index is 507. The number of carbonyl (C=O) groups excluding carboxylic acids is 2. The lowest BCUT2D eigenvalue weighted by Gasteiger charge is -2.25. The topological polar surface area (TPSA) is 68.7 Å². The number of hydrogen-bond donors (Lipinski definition) is 0. The molecule has 0 bridgehead atoms. The van der Waals surface area contributed by atoms with Crippen LogP contribution in [-0.2, 0) is 14.3 Å². The molecule has 23 heavy (non-hydrogen) atoms. The van der Waals surface area contributed by atoms with Crippen molar-refractivity contribution >= 4 is 23.5 Å². The van der Waals surface area contributed by atoms with Crippen LogP contribution >= 0.6 is 11.6 Å². The first kappa shape index (κ1) is 19.4. The molecule has 1 aromatic rings. The van der Waals surface area contributed by atoms with E-state index in [1.165, 1.54) is 13.3 Å². The van der Waals surface area contributed by atoms with Gasteiger partial charge in [0.25, 0.3) is 5.91 Å². The van der Waals surface area contributed by atoms with Gasteiger partial charge in [-0.1, -0.05) is 18.5 Å². The summed E-state index contributed by atoms with van der Waals surface area (Å²) in [4.78, 5) is 29.8. The highest BCUT2D eigenvalue weighted by atomic mass is 35.5. The first-order valence-corrected chi connectivity index (χ1v) is 7.93. The molecular weight excluding hydrogens is 320 g/mol. The Balaban J connectivity index is 2.77. The summed E-state index contributed by atoms with van der Waals surface area (Å²) in [6.45, 7) is 5.61. The summed E-state index contributed by atoms with van der Waals surface area (Å²) in [7, 11) is 1.34. The third kappa shape index (κ3) is 6.54. The highest BCUT2D eigenvalue weighted by Gasteiger charge is 2.22. The van der Waals surface area contributed by atoms with Crippen LogP contribution in [0.25, 0.3) is 0 Å². The SMILES string of the molecule is CCOCCCN(C[C@H](C)C(=O)OC)C(=O)c1ccc(Cl)nc1. The molecule has 0 unspecified atom stereocenters. The number of esters is 1. The van der Waals surface area contributed by atoms with Gasteiger partial charge >= 0.3 is 5.97 Å². The van der Waals surface area contributed by atoms with Gasteiger partial charge in [-0.3, -0.25) is 9.59 Å². The van der Waals surface area contributed by atoms with E-state index in [9.17, 15) is 9.59 Å². The van der Waals surface area contributed by atoms with Crippen molar-refractivity contribution < 1.29 is 19.1 Å². The molecule has 0 aromatic carbocycles. The zero-order chi connectivity index (χ0) is 17.2. The van der Waals surface area contributed by atoms with E-state index in [-0.39, 0.29) is 18.4 Å². The Hall–Kier alpha value is -1.66. The number of ether oxygens (including phenoxy) is 2. The second kappa shape index (κ2) is 10.2. The summed E-state index contributed by atoms with van der Waals surface area (Å²) in [5, 5.41) is 0.326. The van der Waals surface area contributed by atoms with Crippen molar-refractivity contribution in [2.24, 2.45) is 5.92 Å². The molecule has 1 rings (SSSR count). The van der Waals surface area contributed by atoms with E-state index < -0.39 is 5.92 Å². The molecule has 0 fully saturated rings. The average molecular weight is 343 g/mol. The predicted octanol–water partition coefficient (Wildman–Crippen LogP) is 2.41. The van der Waals surface area contributed by atoms with Crippen LogP contribution in [0.4, 0.5) is 0 Å². The number of amides is 1. The molecule has 6 nitrogen and oxygen atoms in total. The van der Waals surface area contributed by atoms with E-state index in [4.69, 9.17) is 21.1 Å². The molecule has 128 valence electrons. The molecule has 0 spiro atoms. The van der Waals surface area contributed by atoms with E-state index in [0.717, 1.165) is 0 Å². The minimum atomic E-state index is -0.406.